The van der Waals surface area contributed by atoms with Gasteiger partial charge in [-0.3, -0.25) is 0 Å². The van der Waals surface area contributed by atoms with E-state index in [9.17, 15) is 4.39 Å². The van der Waals surface area contributed by atoms with Crippen molar-refractivity contribution in [1.82, 2.24) is 0 Å². The van der Waals surface area contributed by atoms with E-state index in [1.54, 1.807) is 13.2 Å². The summed E-state index contributed by atoms with van der Waals surface area (Å²) in [5.41, 5.74) is 9.22. The Morgan fingerprint density at radius 3 is 3.06 bits per heavy atom. The minimum absolute atomic E-state index is 0.264. The summed E-state index contributed by atoms with van der Waals surface area (Å²) in [5.74, 6) is -0.426. The molecule has 0 aliphatic rings. The zero-order valence-corrected chi connectivity index (χ0v) is 8.98. The fraction of sp³-hybridized carbons (Fsp3) is 0.400. The Bertz CT molecular complexity index is 390. The quantitative estimate of drug-likeness (QED) is 0.349. The maximum Gasteiger partial charge on any atom is 0.123 e. The third-order valence-corrected chi connectivity index (χ3v) is 1.95. The van der Waals surface area contributed by atoms with Gasteiger partial charge in [0.1, 0.15) is 5.82 Å². The SMILES string of the molecule is COCCCNc1ccc(F)cc1N=[N+]=[N-]. The van der Waals surface area contributed by atoms with Crippen molar-refractivity contribution >= 4 is 11.4 Å². The van der Waals surface area contributed by atoms with Crippen molar-refractivity contribution in [2.24, 2.45) is 5.11 Å². The Labute approximate surface area is 92.9 Å². The lowest BCUT2D eigenvalue weighted by atomic mass is 10.2. The van der Waals surface area contributed by atoms with Gasteiger partial charge in [-0.15, -0.1) is 0 Å². The summed E-state index contributed by atoms with van der Waals surface area (Å²) in [7, 11) is 1.63. The molecule has 0 saturated carbocycles. The molecule has 16 heavy (non-hydrogen) atoms. The first-order valence-corrected chi connectivity index (χ1v) is 4.85. The summed E-state index contributed by atoms with van der Waals surface area (Å²) in [4.78, 5) is 2.65. The van der Waals surface area contributed by atoms with Crippen molar-refractivity contribution in [1.29, 1.82) is 0 Å². The van der Waals surface area contributed by atoms with Crippen LogP contribution in [0, 0.1) is 5.82 Å². The lowest BCUT2D eigenvalue weighted by Crippen LogP contribution is -2.04. The second-order valence-corrected chi connectivity index (χ2v) is 3.12. The third kappa shape index (κ3) is 3.76. The van der Waals surface area contributed by atoms with Crippen LogP contribution in [-0.2, 0) is 4.74 Å². The van der Waals surface area contributed by atoms with Crippen LogP contribution in [0.1, 0.15) is 6.42 Å². The lowest BCUT2D eigenvalue weighted by molar-refractivity contribution is 0.198. The Kier molecular flexibility index (Phi) is 5.11. The van der Waals surface area contributed by atoms with Gasteiger partial charge in [-0.25, -0.2) is 4.39 Å². The minimum atomic E-state index is -0.426. The minimum Gasteiger partial charge on any atom is -0.385 e. The second-order valence-electron chi connectivity index (χ2n) is 3.12. The molecule has 0 amide bonds. The van der Waals surface area contributed by atoms with Crippen LogP contribution in [-0.4, -0.2) is 20.3 Å². The number of hydrogen-bond acceptors (Lipinski definition) is 3. The van der Waals surface area contributed by atoms with Crippen LogP contribution in [0.25, 0.3) is 10.4 Å². The zero-order chi connectivity index (χ0) is 11.8. The Morgan fingerprint density at radius 1 is 1.56 bits per heavy atom. The molecular formula is C10H13FN4O. The summed E-state index contributed by atoms with van der Waals surface area (Å²) in [6.45, 7) is 1.32. The summed E-state index contributed by atoms with van der Waals surface area (Å²) in [6, 6.07) is 4.06. The molecule has 1 aromatic rings. The number of nitrogens with zero attached hydrogens (tertiary/aromatic N) is 3. The summed E-state index contributed by atoms with van der Waals surface area (Å²) < 4.78 is 17.8. The molecule has 0 saturated heterocycles. The molecule has 0 unspecified atom stereocenters. The van der Waals surface area contributed by atoms with E-state index >= 15 is 0 Å². The monoisotopic (exact) mass is 224 g/mol. The molecule has 0 aliphatic heterocycles. The van der Waals surface area contributed by atoms with Crippen molar-refractivity contribution in [3.05, 3.63) is 34.5 Å². The standard InChI is InChI=1S/C10H13FN4O/c1-16-6-2-5-13-9-4-3-8(11)7-10(9)14-15-12/h3-4,7,13H,2,5-6H2,1H3. The number of halogens is 1. The first-order chi connectivity index (χ1) is 7.77. The summed E-state index contributed by atoms with van der Waals surface area (Å²) in [5, 5.41) is 6.46. The van der Waals surface area contributed by atoms with Crippen LogP contribution in [0.2, 0.25) is 0 Å². The maximum absolute atomic E-state index is 12.9. The molecule has 0 heterocycles. The molecule has 0 bridgehead atoms. The number of anilines is 1. The normalized spacial score (nSPS) is 9.62. The number of nitrogens with one attached hydrogen (secondary N) is 1. The maximum atomic E-state index is 12.9. The zero-order valence-electron chi connectivity index (χ0n) is 8.98. The summed E-state index contributed by atoms with van der Waals surface area (Å²) in [6.07, 6.45) is 0.823. The molecule has 86 valence electrons. The van der Waals surface area contributed by atoms with Gasteiger partial charge in [0.2, 0.25) is 0 Å². The van der Waals surface area contributed by atoms with Crippen LogP contribution in [0.3, 0.4) is 0 Å². The van der Waals surface area contributed by atoms with Gasteiger partial charge in [-0.1, -0.05) is 5.11 Å². The first kappa shape index (κ1) is 12.3. The van der Waals surface area contributed by atoms with E-state index in [-0.39, 0.29) is 5.69 Å². The lowest BCUT2D eigenvalue weighted by Gasteiger charge is -2.08. The van der Waals surface area contributed by atoms with E-state index in [1.165, 1.54) is 12.1 Å². The van der Waals surface area contributed by atoms with Crippen molar-refractivity contribution in [3.63, 3.8) is 0 Å². The van der Waals surface area contributed by atoms with E-state index in [0.29, 0.717) is 18.8 Å². The van der Waals surface area contributed by atoms with Gasteiger partial charge >= 0.3 is 0 Å². The van der Waals surface area contributed by atoms with Crippen LogP contribution in [0.15, 0.2) is 23.3 Å². The second kappa shape index (κ2) is 6.66. The van der Waals surface area contributed by atoms with Crippen LogP contribution in [0.5, 0.6) is 0 Å². The molecule has 0 radical (unpaired) electrons. The fourth-order valence-corrected chi connectivity index (χ4v) is 1.22. The van der Waals surface area contributed by atoms with Crippen LogP contribution in [0.4, 0.5) is 15.8 Å². The number of benzene rings is 1. The first-order valence-electron chi connectivity index (χ1n) is 4.85. The Morgan fingerprint density at radius 2 is 2.38 bits per heavy atom. The molecule has 1 aromatic carbocycles. The highest BCUT2D eigenvalue weighted by atomic mass is 19.1. The predicted molar refractivity (Wildman–Crippen MR) is 60.2 cm³/mol. The molecule has 1 N–H and O–H groups in total. The molecule has 0 aliphatic carbocycles. The van der Waals surface area contributed by atoms with Crippen molar-refractivity contribution in [2.75, 3.05) is 25.6 Å². The Hall–Kier alpha value is -1.78. The van der Waals surface area contributed by atoms with Crippen LogP contribution >= 0.6 is 0 Å². The highest BCUT2D eigenvalue weighted by molar-refractivity contribution is 5.65. The largest absolute Gasteiger partial charge is 0.385 e. The summed E-state index contributed by atoms with van der Waals surface area (Å²) >= 11 is 0. The third-order valence-electron chi connectivity index (χ3n) is 1.95. The number of hydrogen-bond donors (Lipinski definition) is 1. The molecule has 5 nitrogen and oxygen atoms in total. The van der Waals surface area contributed by atoms with Gasteiger partial charge in [-0.2, -0.15) is 0 Å². The highest BCUT2D eigenvalue weighted by Crippen LogP contribution is 2.25. The molecule has 6 heteroatoms. The fourth-order valence-electron chi connectivity index (χ4n) is 1.22. The van der Waals surface area contributed by atoms with Crippen LogP contribution < -0.4 is 5.32 Å². The molecule has 0 fully saturated rings. The molecule has 0 aromatic heterocycles. The van der Waals surface area contributed by atoms with E-state index in [4.69, 9.17) is 10.3 Å². The Balaban J connectivity index is 2.67. The van der Waals surface area contributed by atoms with Gasteiger partial charge in [-0.05, 0) is 30.2 Å². The van der Waals surface area contributed by atoms with Gasteiger partial charge in [0.25, 0.3) is 0 Å². The smallest absolute Gasteiger partial charge is 0.123 e. The number of ether oxygens (including phenoxy) is 1. The molecular weight excluding hydrogens is 211 g/mol. The topological polar surface area (TPSA) is 70.0 Å². The van der Waals surface area contributed by atoms with Crippen molar-refractivity contribution < 1.29 is 9.13 Å². The predicted octanol–water partition coefficient (Wildman–Crippen LogP) is 3.22. The molecule has 0 spiro atoms. The van der Waals surface area contributed by atoms with Crippen molar-refractivity contribution in [3.8, 4) is 0 Å². The average molecular weight is 224 g/mol. The van der Waals surface area contributed by atoms with E-state index in [0.717, 1.165) is 6.42 Å². The van der Waals surface area contributed by atoms with Gasteiger partial charge in [0.05, 0.1) is 5.69 Å². The van der Waals surface area contributed by atoms with E-state index in [2.05, 4.69) is 15.3 Å². The molecule has 0 atom stereocenters. The number of methoxy groups -OCH3 is 1. The van der Waals surface area contributed by atoms with Gasteiger partial charge < -0.3 is 10.1 Å². The van der Waals surface area contributed by atoms with E-state index in [1.807, 2.05) is 0 Å². The number of rotatable bonds is 6. The highest BCUT2D eigenvalue weighted by Gasteiger charge is 2.01. The average Bonchev–Trinajstić information content (AvgIpc) is 2.27. The number of azide groups is 1. The van der Waals surface area contributed by atoms with E-state index < -0.39 is 5.82 Å². The van der Waals surface area contributed by atoms with Crippen molar-refractivity contribution in [2.45, 2.75) is 6.42 Å². The van der Waals surface area contributed by atoms with Gasteiger partial charge in [0.15, 0.2) is 0 Å². The molecule has 1 rings (SSSR count). The van der Waals surface area contributed by atoms with Gasteiger partial charge in [0, 0.05) is 30.9 Å².